The summed E-state index contributed by atoms with van der Waals surface area (Å²) in [6, 6.07) is 60.6. The largest absolute Gasteiger partial charge is 0.455 e. The van der Waals surface area contributed by atoms with Crippen LogP contribution in [0, 0.1) is 0 Å². The predicted molar refractivity (Wildman–Crippen MR) is 219 cm³/mol. The van der Waals surface area contributed by atoms with Crippen molar-refractivity contribution < 1.29 is 4.42 Å². The Bertz CT molecular complexity index is 2910. The third-order valence-electron chi connectivity index (χ3n) is 9.63. The third-order valence-corrected chi connectivity index (χ3v) is 9.63. The SMILES string of the molecule is c1ccc(-c2nc(-c3ccccc3)nc(-c3ccccc3-c3nc(-c4ccccc4)nc(-c4ccc(-c5cccc6c5oc5ccccc56)cc4)n3)n2)cc1. The molecule has 0 unspecified atom stereocenters. The first kappa shape index (κ1) is 32.0. The van der Waals surface area contributed by atoms with E-state index in [1.54, 1.807) is 0 Å². The number of fused-ring (bicyclic) bond motifs is 3. The van der Waals surface area contributed by atoms with Crippen molar-refractivity contribution in [2.45, 2.75) is 0 Å². The summed E-state index contributed by atoms with van der Waals surface area (Å²) in [6.45, 7) is 0. The van der Waals surface area contributed by atoms with Gasteiger partial charge < -0.3 is 4.42 Å². The molecule has 10 rings (SSSR count). The van der Waals surface area contributed by atoms with Crippen molar-refractivity contribution in [3.05, 3.63) is 182 Å². The minimum Gasteiger partial charge on any atom is -0.455 e. The van der Waals surface area contributed by atoms with Crippen LogP contribution in [0.3, 0.4) is 0 Å². The first-order valence-electron chi connectivity index (χ1n) is 18.0. The molecule has 0 spiro atoms. The maximum atomic E-state index is 6.35. The van der Waals surface area contributed by atoms with Crippen molar-refractivity contribution in [1.82, 2.24) is 29.9 Å². The summed E-state index contributed by atoms with van der Waals surface area (Å²) in [7, 11) is 0. The van der Waals surface area contributed by atoms with Gasteiger partial charge in [-0.1, -0.05) is 176 Å². The average Bonchev–Trinajstić information content (AvgIpc) is 3.66. The number of hydrogen-bond acceptors (Lipinski definition) is 7. The van der Waals surface area contributed by atoms with Crippen LogP contribution in [0.15, 0.2) is 186 Å². The number of para-hydroxylation sites is 2. The summed E-state index contributed by atoms with van der Waals surface area (Å²) in [5.41, 5.74) is 8.90. The highest BCUT2D eigenvalue weighted by Crippen LogP contribution is 2.37. The Morgan fingerprint density at radius 1 is 0.255 bits per heavy atom. The van der Waals surface area contributed by atoms with E-state index in [2.05, 4.69) is 48.5 Å². The molecular weight excluding hydrogens is 677 g/mol. The van der Waals surface area contributed by atoms with Crippen molar-refractivity contribution in [3.63, 3.8) is 0 Å². The lowest BCUT2D eigenvalue weighted by Crippen LogP contribution is -2.03. The second-order valence-corrected chi connectivity index (χ2v) is 13.1. The number of rotatable bonds is 7. The zero-order valence-electron chi connectivity index (χ0n) is 29.4. The Morgan fingerprint density at radius 3 is 1.13 bits per heavy atom. The highest BCUT2D eigenvalue weighted by Gasteiger charge is 2.20. The van der Waals surface area contributed by atoms with Crippen molar-refractivity contribution in [3.8, 4) is 79.5 Å². The summed E-state index contributed by atoms with van der Waals surface area (Å²) < 4.78 is 6.35. The van der Waals surface area contributed by atoms with Crippen molar-refractivity contribution in [2.75, 3.05) is 0 Å². The summed E-state index contributed by atoms with van der Waals surface area (Å²) >= 11 is 0. The van der Waals surface area contributed by atoms with Crippen LogP contribution in [0.1, 0.15) is 0 Å². The number of hydrogen-bond donors (Lipinski definition) is 0. The summed E-state index contributed by atoms with van der Waals surface area (Å²) in [5.74, 6) is 3.32. The molecule has 0 bridgehead atoms. The lowest BCUT2D eigenvalue weighted by molar-refractivity contribution is 0.670. The fraction of sp³-hybridized carbons (Fsp3) is 0. The molecule has 0 saturated carbocycles. The molecule has 0 saturated heterocycles. The van der Waals surface area contributed by atoms with Crippen molar-refractivity contribution in [1.29, 1.82) is 0 Å². The average molecular weight is 707 g/mol. The first-order valence-corrected chi connectivity index (χ1v) is 18.0. The molecule has 0 aliphatic rings. The van der Waals surface area contributed by atoms with Crippen LogP contribution in [-0.4, -0.2) is 29.9 Å². The van der Waals surface area contributed by atoms with Gasteiger partial charge in [-0.25, -0.2) is 29.9 Å². The van der Waals surface area contributed by atoms with E-state index in [0.29, 0.717) is 34.9 Å². The Balaban J connectivity index is 1.11. The number of furan rings is 1. The summed E-state index contributed by atoms with van der Waals surface area (Å²) in [5, 5.41) is 2.20. The van der Waals surface area contributed by atoms with Crippen LogP contribution >= 0.6 is 0 Å². The summed E-state index contributed by atoms with van der Waals surface area (Å²) in [4.78, 5) is 30.1. The fourth-order valence-corrected chi connectivity index (χ4v) is 6.92. The van der Waals surface area contributed by atoms with E-state index < -0.39 is 0 Å². The van der Waals surface area contributed by atoms with Crippen LogP contribution in [-0.2, 0) is 0 Å². The number of benzene rings is 7. The minimum absolute atomic E-state index is 0.513. The lowest BCUT2D eigenvalue weighted by Gasteiger charge is -2.13. The topological polar surface area (TPSA) is 90.5 Å². The molecule has 0 aliphatic heterocycles. The summed E-state index contributed by atoms with van der Waals surface area (Å²) in [6.07, 6.45) is 0. The molecule has 0 fully saturated rings. The zero-order valence-corrected chi connectivity index (χ0v) is 29.4. The van der Waals surface area contributed by atoms with Gasteiger partial charge >= 0.3 is 0 Å². The van der Waals surface area contributed by atoms with Crippen LogP contribution < -0.4 is 0 Å². The smallest absolute Gasteiger partial charge is 0.164 e. The molecule has 0 aliphatic carbocycles. The molecule has 3 heterocycles. The van der Waals surface area contributed by atoms with Gasteiger partial charge in [0.1, 0.15) is 11.2 Å². The maximum Gasteiger partial charge on any atom is 0.164 e. The van der Waals surface area contributed by atoms with Gasteiger partial charge in [-0.05, 0) is 11.6 Å². The second-order valence-electron chi connectivity index (χ2n) is 13.1. The number of aromatic nitrogens is 6. The van der Waals surface area contributed by atoms with Crippen LogP contribution in [0.25, 0.3) is 101 Å². The Kier molecular flexibility index (Phi) is 8.00. The molecule has 10 aromatic rings. The van der Waals surface area contributed by atoms with E-state index in [0.717, 1.165) is 66.4 Å². The van der Waals surface area contributed by atoms with Crippen molar-refractivity contribution in [2.24, 2.45) is 0 Å². The highest BCUT2D eigenvalue weighted by atomic mass is 16.3. The van der Waals surface area contributed by atoms with Crippen LogP contribution in [0.4, 0.5) is 0 Å². The molecular formula is C48H30N6O. The van der Waals surface area contributed by atoms with Gasteiger partial charge in [0.25, 0.3) is 0 Å². The normalized spacial score (nSPS) is 11.3. The molecule has 0 amide bonds. The van der Waals surface area contributed by atoms with Gasteiger partial charge in [0.05, 0.1) is 0 Å². The van der Waals surface area contributed by atoms with E-state index in [9.17, 15) is 0 Å². The van der Waals surface area contributed by atoms with Gasteiger partial charge in [0.15, 0.2) is 34.9 Å². The van der Waals surface area contributed by atoms with E-state index >= 15 is 0 Å². The Labute approximate surface area is 316 Å². The molecule has 258 valence electrons. The van der Waals surface area contributed by atoms with Crippen LogP contribution in [0.5, 0.6) is 0 Å². The zero-order chi connectivity index (χ0) is 36.6. The lowest BCUT2D eigenvalue weighted by atomic mass is 10.0. The molecule has 0 N–H and O–H groups in total. The van der Waals surface area contributed by atoms with E-state index in [1.807, 2.05) is 133 Å². The number of nitrogens with zero attached hydrogens (tertiary/aromatic N) is 6. The van der Waals surface area contributed by atoms with E-state index in [-0.39, 0.29) is 0 Å². The van der Waals surface area contributed by atoms with Crippen molar-refractivity contribution >= 4 is 21.9 Å². The quantitative estimate of drug-likeness (QED) is 0.163. The standard InChI is InChI=1S/C48H30N6O/c1-4-15-32(16-5-1)43-49-44(33-17-6-2-7-18-33)52-47(51-43)39-22-10-11-23-40(39)48-53-45(34-19-8-3-9-20-34)50-46(54-48)35-29-27-31(28-30-35)36-24-14-25-38-37-21-12-13-26-41(37)55-42(36)38/h1-30H. The van der Waals surface area contributed by atoms with E-state index in [1.165, 1.54) is 0 Å². The first-order chi connectivity index (χ1) is 27.2. The minimum atomic E-state index is 0.513. The third kappa shape index (κ3) is 6.09. The van der Waals surface area contributed by atoms with Gasteiger partial charge in [-0.3, -0.25) is 0 Å². The van der Waals surface area contributed by atoms with Gasteiger partial charge in [0, 0.05) is 49.7 Å². The molecule has 3 aromatic heterocycles. The van der Waals surface area contributed by atoms with Gasteiger partial charge in [0.2, 0.25) is 0 Å². The van der Waals surface area contributed by atoms with Gasteiger partial charge in [-0.2, -0.15) is 0 Å². The molecule has 7 aromatic carbocycles. The second kappa shape index (κ2) is 13.7. The van der Waals surface area contributed by atoms with Gasteiger partial charge in [-0.15, -0.1) is 0 Å². The Hall–Kier alpha value is -7.64. The fourth-order valence-electron chi connectivity index (χ4n) is 6.92. The van der Waals surface area contributed by atoms with E-state index in [4.69, 9.17) is 34.3 Å². The molecule has 0 radical (unpaired) electrons. The Morgan fingerprint density at radius 2 is 0.618 bits per heavy atom. The molecule has 55 heavy (non-hydrogen) atoms. The predicted octanol–water partition coefficient (Wildman–Crippen LogP) is 11.6. The highest BCUT2D eigenvalue weighted by molar-refractivity contribution is 6.09. The monoisotopic (exact) mass is 706 g/mol. The molecule has 7 heteroatoms. The molecule has 0 atom stereocenters. The van der Waals surface area contributed by atoms with Crippen LogP contribution in [0.2, 0.25) is 0 Å². The molecule has 7 nitrogen and oxygen atoms in total. The maximum absolute atomic E-state index is 6.35.